The molecule has 0 aliphatic heterocycles. The van der Waals surface area contributed by atoms with Crippen molar-refractivity contribution in [2.24, 2.45) is 7.05 Å². The molecule has 0 unspecified atom stereocenters. The number of nitriles is 2. The molecular weight excluding hydrogens is 302 g/mol. The summed E-state index contributed by atoms with van der Waals surface area (Å²) in [5.74, 6) is 0.606. The molecule has 0 aliphatic carbocycles. The number of methoxy groups -OCH3 is 1. The molecule has 0 amide bonds. The van der Waals surface area contributed by atoms with E-state index in [0.717, 1.165) is 5.56 Å². The zero-order valence-electron chi connectivity index (χ0n) is 13.2. The van der Waals surface area contributed by atoms with Gasteiger partial charge in [-0.05, 0) is 35.9 Å². The molecule has 0 fully saturated rings. The van der Waals surface area contributed by atoms with Crippen LogP contribution in [-0.4, -0.2) is 11.7 Å². The van der Waals surface area contributed by atoms with E-state index < -0.39 is 0 Å². The lowest BCUT2D eigenvalue weighted by Gasteiger charge is -2.14. The number of hydrogen-bond donors (Lipinski definition) is 0. The zero-order valence-corrected chi connectivity index (χ0v) is 13.2. The lowest BCUT2D eigenvalue weighted by atomic mass is 9.96. The molecule has 0 aliphatic rings. The van der Waals surface area contributed by atoms with Crippen molar-refractivity contribution < 1.29 is 4.74 Å². The molecular formula is C19H13N3O2. The first-order valence-corrected chi connectivity index (χ1v) is 7.22. The van der Waals surface area contributed by atoms with Gasteiger partial charge >= 0.3 is 0 Å². The van der Waals surface area contributed by atoms with Crippen LogP contribution in [0, 0.1) is 22.7 Å². The minimum atomic E-state index is -0.235. The van der Waals surface area contributed by atoms with Crippen molar-refractivity contribution in [1.29, 1.82) is 10.5 Å². The monoisotopic (exact) mass is 315 g/mol. The fourth-order valence-corrected chi connectivity index (χ4v) is 2.76. The number of rotatable bonds is 2. The maximum Gasteiger partial charge on any atom is 0.259 e. The highest BCUT2D eigenvalue weighted by Gasteiger charge is 2.17. The third kappa shape index (κ3) is 2.29. The summed E-state index contributed by atoms with van der Waals surface area (Å²) >= 11 is 0. The van der Waals surface area contributed by atoms with Gasteiger partial charge in [0, 0.05) is 23.4 Å². The molecule has 0 bridgehead atoms. The predicted molar refractivity (Wildman–Crippen MR) is 90.6 cm³/mol. The Hall–Kier alpha value is -3.57. The minimum Gasteiger partial charge on any atom is -0.497 e. The van der Waals surface area contributed by atoms with Gasteiger partial charge in [0.05, 0.1) is 18.7 Å². The highest BCUT2D eigenvalue weighted by Crippen LogP contribution is 2.32. The van der Waals surface area contributed by atoms with Crippen LogP contribution in [0.3, 0.4) is 0 Å². The van der Waals surface area contributed by atoms with Gasteiger partial charge in [0.1, 0.15) is 17.5 Å². The van der Waals surface area contributed by atoms with Crippen molar-refractivity contribution in [3.63, 3.8) is 0 Å². The van der Waals surface area contributed by atoms with Gasteiger partial charge in [-0.3, -0.25) is 4.79 Å². The van der Waals surface area contributed by atoms with Crippen LogP contribution in [0.5, 0.6) is 5.75 Å². The van der Waals surface area contributed by atoms with E-state index in [2.05, 4.69) is 12.1 Å². The van der Waals surface area contributed by atoms with Crippen LogP contribution in [0.2, 0.25) is 0 Å². The van der Waals surface area contributed by atoms with Gasteiger partial charge < -0.3 is 9.30 Å². The molecule has 2 aromatic carbocycles. The maximum absolute atomic E-state index is 12.5. The molecule has 3 aromatic rings. The Morgan fingerprint density at radius 1 is 1.00 bits per heavy atom. The van der Waals surface area contributed by atoms with Gasteiger partial charge in [0.25, 0.3) is 5.56 Å². The highest BCUT2D eigenvalue weighted by atomic mass is 16.5. The number of fused-ring (bicyclic) bond motifs is 1. The summed E-state index contributed by atoms with van der Waals surface area (Å²) in [7, 11) is 3.13. The van der Waals surface area contributed by atoms with Crippen LogP contribution in [0.15, 0.2) is 47.3 Å². The van der Waals surface area contributed by atoms with Crippen molar-refractivity contribution in [1.82, 2.24) is 4.57 Å². The Morgan fingerprint density at radius 2 is 1.71 bits per heavy atom. The fourth-order valence-electron chi connectivity index (χ4n) is 2.76. The van der Waals surface area contributed by atoms with Gasteiger partial charge in [-0.25, -0.2) is 0 Å². The Balaban J connectivity index is 2.47. The largest absolute Gasteiger partial charge is 0.497 e. The lowest BCUT2D eigenvalue weighted by Crippen LogP contribution is -2.20. The molecule has 0 saturated carbocycles. The molecule has 0 saturated heterocycles. The average molecular weight is 315 g/mol. The standard InChI is InChI=1S/C19H13N3O2/c1-22-17(11-21)18(13-5-3-12(10-20)4-6-13)16-9-14(24-2)7-8-15(16)19(22)23/h3-9H,1-2H3. The zero-order chi connectivity index (χ0) is 17.3. The summed E-state index contributed by atoms with van der Waals surface area (Å²) in [5, 5.41) is 19.7. The quantitative estimate of drug-likeness (QED) is 0.728. The molecule has 116 valence electrons. The second kappa shape index (κ2) is 5.91. The van der Waals surface area contributed by atoms with Crippen molar-refractivity contribution in [3.8, 4) is 29.0 Å². The number of hydrogen-bond acceptors (Lipinski definition) is 4. The molecule has 0 N–H and O–H groups in total. The van der Waals surface area contributed by atoms with Gasteiger partial charge in [-0.1, -0.05) is 12.1 Å². The summed E-state index contributed by atoms with van der Waals surface area (Å²) in [5.41, 5.74) is 1.98. The number of benzene rings is 2. The Morgan fingerprint density at radius 3 is 2.29 bits per heavy atom. The third-order valence-corrected chi connectivity index (χ3v) is 4.01. The van der Waals surface area contributed by atoms with Crippen LogP contribution in [0.4, 0.5) is 0 Å². The predicted octanol–water partition coefficient (Wildman–Crippen LogP) is 2.96. The van der Waals surface area contributed by atoms with Crippen LogP contribution < -0.4 is 10.3 Å². The first-order chi connectivity index (χ1) is 11.6. The van der Waals surface area contributed by atoms with Gasteiger partial charge in [-0.15, -0.1) is 0 Å². The molecule has 3 rings (SSSR count). The molecule has 5 nitrogen and oxygen atoms in total. The second-order valence-electron chi connectivity index (χ2n) is 5.30. The van der Waals surface area contributed by atoms with Crippen molar-refractivity contribution in [3.05, 3.63) is 64.1 Å². The van der Waals surface area contributed by atoms with Gasteiger partial charge in [0.2, 0.25) is 0 Å². The van der Waals surface area contributed by atoms with Crippen molar-refractivity contribution >= 4 is 10.8 Å². The molecule has 0 spiro atoms. The van der Waals surface area contributed by atoms with Crippen LogP contribution >= 0.6 is 0 Å². The van der Waals surface area contributed by atoms with E-state index in [4.69, 9.17) is 10.00 Å². The molecule has 0 radical (unpaired) electrons. The van der Waals surface area contributed by atoms with Crippen LogP contribution in [-0.2, 0) is 7.05 Å². The fraction of sp³-hybridized carbons (Fsp3) is 0.105. The van der Waals surface area contributed by atoms with Crippen LogP contribution in [0.25, 0.3) is 21.9 Å². The topological polar surface area (TPSA) is 78.8 Å². The van der Waals surface area contributed by atoms with E-state index in [9.17, 15) is 10.1 Å². The van der Waals surface area contributed by atoms with E-state index in [1.165, 1.54) is 4.57 Å². The smallest absolute Gasteiger partial charge is 0.259 e. The number of pyridine rings is 1. The Kier molecular flexibility index (Phi) is 3.77. The highest BCUT2D eigenvalue weighted by molar-refractivity contribution is 5.99. The van der Waals surface area contributed by atoms with Crippen molar-refractivity contribution in [2.75, 3.05) is 7.11 Å². The molecule has 1 heterocycles. The summed E-state index contributed by atoms with van der Waals surface area (Å²) in [6.45, 7) is 0. The van der Waals surface area contributed by atoms with E-state index in [1.807, 2.05) is 0 Å². The Bertz CT molecular complexity index is 1080. The first kappa shape index (κ1) is 15.3. The average Bonchev–Trinajstić information content (AvgIpc) is 2.64. The van der Waals surface area contributed by atoms with Crippen LogP contribution in [0.1, 0.15) is 11.3 Å². The minimum absolute atomic E-state index is 0.235. The van der Waals surface area contributed by atoms with E-state index in [0.29, 0.717) is 27.6 Å². The summed E-state index contributed by atoms with van der Waals surface area (Å²) in [6, 6.07) is 16.3. The van der Waals surface area contributed by atoms with E-state index in [-0.39, 0.29) is 11.3 Å². The van der Waals surface area contributed by atoms with E-state index >= 15 is 0 Å². The first-order valence-electron chi connectivity index (χ1n) is 7.22. The molecule has 5 heteroatoms. The number of aromatic nitrogens is 1. The van der Waals surface area contributed by atoms with Gasteiger partial charge in [0.15, 0.2) is 0 Å². The maximum atomic E-state index is 12.5. The van der Waals surface area contributed by atoms with Crippen molar-refractivity contribution in [2.45, 2.75) is 0 Å². The van der Waals surface area contributed by atoms with Gasteiger partial charge in [-0.2, -0.15) is 10.5 Å². The second-order valence-corrected chi connectivity index (χ2v) is 5.30. The normalized spacial score (nSPS) is 10.2. The lowest BCUT2D eigenvalue weighted by molar-refractivity contribution is 0.415. The SMILES string of the molecule is COc1ccc2c(=O)n(C)c(C#N)c(-c3ccc(C#N)cc3)c2c1. The number of ether oxygens (including phenoxy) is 1. The molecule has 1 aromatic heterocycles. The Labute approximate surface area is 138 Å². The third-order valence-electron chi connectivity index (χ3n) is 4.01. The molecule has 24 heavy (non-hydrogen) atoms. The number of nitrogens with zero attached hydrogens (tertiary/aromatic N) is 3. The summed E-state index contributed by atoms with van der Waals surface area (Å²) in [4.78, 5) is 12.5. The summed E-state index contributed by atoms with van der Waals surface area (Å²) in [6.07, 6.45) is 0. The summed E-state index contributed by atoms with van der Waals surface area (Å²) < 4.78 is 6.61. The van der Waals surface area contributed by atoms with E-state index in [1.54, 1.807) is 56.6 Å². The molecule has 0 atom stereocenters.